The molecule has 1 N–H and O–H groups in total. The first-order chi connectivity index (χ1) is 17.6. The fourth-order valence-corrected chi connectivity index (χ4v) is 5.41. The molecule has 1 aliphatic heterocycles. The third-order valence-corrected chi connectivity index (χ3v) is 7.31. The van der Waals surface area contributed by atoms with Crippen LogP contribution in [0.5, 0.6) is 5.75 Å². The summed E-state index contributed by atoms with van der Waals surface area (Å²) >= 11 is 0. The fourth-order valence-electron chi connectivity index (χ4n) is 5.41. The largest absolute Gasteiger partial charge is 0.507 e. The highest BCUT2D eigenvalue weighted by Gasteiger charge is 2.48. The molecule has 0 saturated carbocycles. The van der Waals surface area contributed by atoms with Gasteiger partial charge in [0, 0.05) is 35.4 Å². The molecule has 1 saturated heterocycles. The lowest BCUT2D eigenvalue weighted by Crippen LogP contribution is -2.29. The van der Waals surface area contributed by atoms with Gasteiger partial charge in [0.2, 0.25) is 0 Å². The van der Waals surface area contributed by atoms with Crippen molar-refractivity contribution in [2.24, 2.45) is 7.05 Å². The number of hydrogen-bond donors (Lipinski definition) is 1. The number of ketones is 1. The second kappa shape index (κ2) is 8.96. The van der Waals surface area contributed by atoms with E-state index < -0.39 is 17.7 Å². The van der Waals surface area contributed by atoms with Crippen LogP contribution in [0.2, 0.25) is 0 Å². The van der Waals surface area contributed by atoms with Crippen LogP contribution >= 0.6 is 0 Å². The van der Waals surface area contributed by atoms with E-state index in [4.69, 9.17) is 4.74 Å². The number of nitrogens with zero attached hydrogens (tertiary/aromatic N) is 2. The van der Waals surface area contributed by atoms with Gasteiger partial charge < -0.3 is 14.4 Å². The minimum absolute atomic E-state index is 0.0443. The van der Waals surface area contributed by atoms with Crippen LogP contribution in [0.1, 0.15) is 39.4 Å². The quantitative estimate of drug-likeness (QED) is 0.213. The molecule has 0 bridgehead atoms. The Hall–Kier alpha value is -4.32. The Morgan fingerprint density at radius 3 is 2.35 bits per heavy atom. The SMILES string of the molecule is COc1c(C)cc(C)cc1/C(O)=C1\C(=O)C(=O)N(c2ccc(C)c(C)c2)C1c1cn(C)c2ccccc12. The number of amides is 1. The monoisotopic (exact) mass is 494 g/mol. The zero-order valence-electron chi connectivity index (χ0n) is 21.9. The van der Waals surface area contributed by atoms with E-state index in [9.17, 15) is 14.7 Å². The van der Waals surface area contributed by atoms with Crippen LogP contribution in [-0.4, -0.2) is 28.5 Å². The summed E-state index contributed by atoms with van der Waals surface area (Å²) in [5.74, 6) is -1.18. The molecule has 188 valence electrons. The summed E-state index contributed by atoms with van der Waals surface area (Å²) in [4.78, 5) is 28.9. The molecular weight excluding hydrogens is 464 g/mol. The predicted octanol–water partition coefficient (Wildman–Crippen LogP) is 6.05. The van der Waals surface area contributed by atoms with Gasteiger partial charge in [-0.3, -0.25) is 14.5 Å². The van der Waals surface area contributed by atoms with Gasteiger partial charge in [0.1, 0.15) is 11.5 Å². The lowest BCUT2D eigenvalue weighted by Gasteiger charge is -2.26. The first kappa shape index (κ1) is 24.4. The van der Waals surface area contributed by atoms with Crippen molar-refractivity contribution in [2.45, 2.75) is 33.7 Å². The van der Waals surface area contributed by atoms with Crippen LogP contribution < -0.4 is 9.64 Å². The maximum Gasteiger partial charge on any atom is 0.300 e. The lowest BCUT2D eigenvalue weighted by atomic mass is 9.93. The molecule has 1 unspecified atom stereocenters. The number of anilines is 1. The van der Waals surface area contributed by atoms with Gasteiger partial charge >= 0.3 is 0 Å². The summed E-state index contributed by atoms with van der Waals surface area (Å²) in [6.07, 6.45) is 1.93. The van der Waals surface area contributed by atoms with E-state index in [2.05, 4.69) is 0 Å². The Balaban J connectivity index is 1.85. The molecule has 2 heterocycles. The van der Waals surface area contributed by atoms with E-state index >= 15 is 0 Å². The highest BCUT2D eigenvalue weighted by Crippen LogP contribution is 2.46. The minimum atomic E-state index is -0.821. The third-order valence-electron chi connectivity index (χ3n) is 7.31. The van der Waals surface area contributed by atoms with Gasteiger partial charge in [-0.25, -0.2) is 0 Å². The van der Waals surface area contributed by atoms with Gasteiger partial charge in [-0.2, -0.15) is 0 Å². The van der Waals surface area contributed by atoms with Gasteiger partial charge in [0.05, 0.1) is 24.3 Å². The third kappa shape index (κ3) is 3.80. The van der Waals surface area contributed by atoms with E-state index in [0.29, 0.717) is 17.0 Å². The molecule has 0 radical (unpaired) electrons. The van der Waals surface area contributed by atoms with Gasteiger partial charge in [0.15, 0.2) is 0 Å². The van der Waals surface area contributed by atoms with Crippen LogP contribution in [0.15, 0.2) is 66.4 Å². The first-order valence-electron chi connectivity index (χ1n) is 12.2. The number of aliphatic hydroxyl groups excluding tert-OH is 1. The number of benzene rings is 3. The van der Waals surface area contributed by atoms with Crippen LogP contribution in [0.3, 0.4) is 0 Å². The van der Waals surface area contributed by atoms with Crippen molar-refractivity contribution in [2.75, 3.05) is 12.0 Å². The van der Waals surface area contributed by atoms with Gasteiger partial charge in [-0.15, -0.1) is 0 Å². The van der Waals surface area contributed by atoms with E-state index in [1.165, 1.54) is 12.0 Å². The van der Waals surface area contributed by atoms with Gasteiger partial charge in [-0.05, 0) is 74.2 Å². The molecule has 6 nitrogen and oxygen atoms in total. The number of aryl methyl sites for hydroxylation is 5. The summed E-state index contributed by atoms with van der Waals surface area (Å²) in [5, 5.41) is 12.6. The maximum atomic E-state index is 13.7. The molecule has 1 atom stereocenters. The standard InChI is InChI=1S/C31H30N2O4/c1-17-13-20(4)30(37-6)23(14-17)28(34)26-27(24-16-32(5)25-10-8-7-9-22(24)25)33(31(36)29(26)35)21-12-11-18(2)19(3)15-21/h7-16,27,34H,1-6H3/b28-26+. The molecule has 1 aromatic heterocycles. The number of carbonyl (C=O) groups excluding carboxylic acids is 2. The normalized spacial score (nSPS) is 17.1. The smallest absolute Gasteiger partial charge is 0.300 e. The Morgan fingerprint density at radius 2 is 1.65 bits per heavy atom. The molecule has 6 heteroatoms. The molecule has 0 aliphatic carbocycles. The molecule has 1 amide bonds. The number of fused-ring (bicyclic) bond motifs is 1. The van der Waals surface area contributed by atoms with Crippen LogP contribution in [-0.2, 0) is 16.6 Å². The first-order valence-corrected chi connectivity index (χ1v) is 12.2. The highest BCUT2D eigenvalue weighted by molar-refractivity contribution is 6.52. The molecule has 5 rings (SSSR count). The molecule has 1 aliphatic rings. The number of ether oxygens (including phenoxy) is 1. The van der Waals surface area contributed by atoms with Crippen molar-refractivity contribution in [1.82, 2.24) is 4.57 Å². The molecule has 37 heavy (non-hydrogen) atoms. The maximum absolute atomic E-state index is 13.7. The zero-order valence-corrected chi connectivity index (χ0v) is 21.9. The second-order valence-electron chi connectivity index (χ2n) is 9.81. The molecule has 0 spiro atoms. The van der Waals surface area contributed by atoms with E-state index in [1.54, 1.807) is 6.07 Å². The Kier molecular flexibility index (Phi) is 5.91. The number of aromatic nitrogens is 1. The number of aliphatic hydroxyl groups is 1. The average molecular weight is 495 g/mol. The summed E-state index contributed by atoms with van der Waals surface area (Å²) in [5.41, 5.74) is 6.60. The summed E-state index contributed by atoms with van der Waals surface area (Å²) in [6.45, 7) is 7.78. The predicted molar refractivity (Wildman–Crippen MR) is 146 cm³/mol. The number of hydrogen-bond acceptors (Lipinski definition) is 4. The van der Waals surface area contributed by atoms with Crippen molar-refractivity contribution >= 4 is 34.0 Å². The van der Waals surface area contributed by atoms with Crippen LogP contribution in [0.25, 0.3) is 16.7 Å². The zero-order chi connectivity index (χ0) is 26.6. The average Bonchev–Trinajstić information content (AvgIpc) is 3.33. The van der Waals surface area contributed by atoms with E-state index in [0.717, 1.165) is 38.7 Å². The van der Waals surface area contributed by atoms with Crippen molar-refractivity contribution < 1.29 is 19.4 Å². The molecule has 4 aromatic rings. The Bertz CT molecular complexity index is 1630. The van der Waals surface area contributed by atoms with E-state index in [1.807, 2.05) is 94.0 Å². The summed E-state index contributed by atoms with van der Waals surface area (Å²) in [6, 6.07) is 16.5. The van der Waals surface area contributed by atoms with Crippen molar-refractivity contribution in [3.63, 3.8) is 0 Å². The molecular formula is C31H30N2O4. The van der Waals surface area contributed by atoms with Gasteiger partial charge in [0.25, 0.3) is 11.7 Å². The van der Waals surface area contributed by atoms with Crippen molar-refractivity contribution in [3.05, 3.63) is 99.7 Å². The van der Waals surface area contributed by atoms with E-state index in [-0.39, 0.29) is 11.3 Å². The van der Waals surface area contributed by atoms with Crippen LogP contribution in [0.4, 0.5) is 5.69 Å². The number of carbonyl (C=O) groups is 2. The van der Waals surface area contributed by atoms with Crippen molar-refractivity contribution in [3.8, 4) is 5.75 Å². The number of methoxy groups -OCH3 is 1. The fraction of sp³-hybridized carbons (Fsp3) is 0.226. The minimum Gasteiger partial charge on any atom is -0.507 e. The number of rotatable bonds is 4. The topological polar surface area (TPSA) is 71.8 Å². The molecule has 1 fully saturated rings. The number of Topliss-reactive ketones (excluding diaryl/α,β-unsaturated/α-hetero) is 1. The Labute approximate surface area is 216 Å². The Morgan fingerprint density at radius 1 is 0.919 bits per heavy atom. The summed E-state index contributed by atoms with van der Waals surface area (Å²) < 4.78 is 7.60. The summed E-state index contributed by atoms with van der Waals surface area (Å²) in [7, 11) is 3.46. The molecule has 3 aromatic carbocycles. The second-order valence-corrected chi connectivity index (χ2v) is 9.81. The lowest BCUT2D eigenvalue weighted by molar-refractivity contribution is -0.132. The van der Waals surface area contributed by atoms with Crippen LogP contribution in [0, 0.1) is 27.7 Å². The van der Waals surface area contributed by atoms with Gasteiger partial charge in [-0.1, -0.05) is 30.3 Å². The number of para-hydroxylation sites is 1. The highest BCUT2D eigenvalue weighted by atomic mass is 16.5. The van der Waals surface area contributed by atoms with Crippen molar-refractivity contribution in [1.29, 1.82) is 0 Å².